The number of fused-ring (bicyclic) bond motifs is 1. The monoisotopic (exact) mass is 439 g/mol. The summed E-state index contributed by atoms with van der Waals surface area (Å²) in [5, 5.41) is 6.21. The van der Waals surface area contributed by atoms with E-state index in [0.29, 0.717) is 38.4 Å². The normalized spacial score (nSPS) is 18.1. The van der Waals surface area contributed by atoms with Crippen LogP contribution in [-0.2, 0) is 11.3 Å². The van der Waals surface area contributed by atoms with Crippen molar-refractivity contribution in [3.63, 3.8) is 0 Å². The minimum absolute atomic E-state index is 0.165. The number of anilines is 1. The number of carbonyl (C=O) groups excluding carboxylic acids is 2. The number of hydrogen-bond acceptors (Lipinski definition) is 7. The lowest BCUT2D eigenvalue weighted by Gasteiger charge is -2.39. The zero-order valence-electron chi connectivity index (χ0n) is 18.6. The van der Waals surface area contributed by atoms with Gasteiger partial charge >= 0.3 is 6.09 Å². The van der Waals surface area contributed by atoms with Gasteiger partial charge in [0.1, 0.15) is 5.60 Å². The quantitative estimate of drug-likeness (QED) is 0.760. The van der Waals surface area contributed by atoms with Gasteiger partial charge in [0, 0.05) is 31.9 Å². The molecule has 170 valence electrons. The molecule has 2 N–H and O–H groups in total. The maximum atomic E-state index is 12.4. The molecule has 0 radical (unpaired) electrons. The molecule has 1 unspecified atom stereocenters. The molecule has 2 aliphatic rings. The van der Waals surface area contributed by atoms with Gasteiger partial charge in [0.2, 0.25) is 0 Å². The van der Waals surface area contributed by atoms with Gasteiger partial charge in [0.05, 0.1) is 18.8 Å². The van der Waals surface area contributed by atoms with E-state index in [-0.39, 0.29) is 23.8 Å². The van der Waals surface area contributed by atoms with Gasteiger partial charge < -0.3 is 29.6 Å². The van der Waals surface area contributed by atoms with Crippen molar-refractivity contribution in [2.75, 3.05) is 31.5 Å². The fraction of sp³-hybridized carbons (Fsp3) is 0.435. The number of rotatable bonds is 4. The van der Waals surface area contributed by atoms with E-state index in [1.54, 1.807) is 17.0 Å². The van der Waals surface area contributed by atoms with E-state index in [4.69, 9.17) is 9.15 Å². The van der Waals surface area contributed by atoms with Crippen LogP contribution in [0.4, 0.5) is 10.5 Å². The molecule has 0 bridgehead atoms. The Hall–Kier alpha value is -3.49. The van der Waals surface area contributed by atoms with E-state index in [1.807, 2.05) is 45.0 Å². The Morgan fingerprint density at radius 1 is 1.19 bits per heavy atom. The summed E-state index contributed by atoms with van der Waals surface area (Å²) < 4.78 is 10.6. The first-order chi connectivity index (χ1) is 15.3. The van der Waals surface area contributed by atoms with Gasteiger partial charge in [-0.25, -0.2) is 4.79 Å². The van der Waals surface area contributed by atoms with Crippen LogP contribution < -0.4 is 10.6 Å². The van der Waals surface area contributed by atoms with Gasteiger partial charge in [0.15, 0.2) is 11.7 Å². The smallest absolute Gasteiger partial charge is 0.410 e. The molecule has 1 aromatic carbocycles. The summed E-state index contributed by atoms with van der Waals surface area (Å²) in [6.45, 7) is 8.82. The number of carbonyl (C=O) groups is 2. The lowest BCUT2D eigenvalue weighted by molar-refractivity contribution is 0.0137. The van der Waals surface area contributed by atoms with E-state index in [1.165, 1.54) is 6.26 Å². The second-order valence-electron chi connectivity index (χ2n) is 8.92. The van der Waals surface area contributed by atoms with Crippen LogP contribution in [0.3, 0.4) is 0 Å². The van der Waals surface area contributed by atoms with Crippen LogP contribution in [0.15, 0.2) is 52.1 Å². The lowest BCUT2D eigenvalue weighted by atomic mass is 10.2. The highest BCUT2D eigenvalue weighted by atomic mass is 16.6. The molecule has 0 aliphatic carbocycles. The van der Waals surface area contributed by atoms with E-state index >= 15 is 0 Å². The summed E-state index contributed by atoms with van der Waals surface area (Å²) in [6.07, 6.45) is 1.20. The molecule has 4 rings (SSSR count). The van der Waals surface area contributed by atoms with Crippen molar-refractivity contribution in [1.82, 2.24) is 15.1 Å². The van der Waals surface area contributed by atoms with E-state index < -0.39 is 5.60 Å². The number of amides is 2. The maximum Gasteiger partial charge on any atom is 0.410 e. The first-order valence-electron chi connectivity index (χ1n) is 10.8. The first-order valence-corrected chi connectivity index (χ1v) is 10.8. The summed E-state index contributed by atoms with van der Waals surface area (Å²) in [5.41, 5.74) is 1.27. The predicted octanol–water partition coefficient (Wildman–Crippen LogP) is 2.91. The maximum absolute atomic E-state index is 12.4. The Balaban J connectivity index is 1.25. The SMILES string of the molecule is CC(C)(C)OC(=O)N1CCN2C(NCc3ccc(NC(=O)c4ccco4)cc3)=NCC2C1. The predicted molar refractivity (Wildman–Crippen MR) is 121 cm³/mol. The van der Waals surface area contributed by atoms with E-state index in [2.05, 4.69) is 20.5 Å². The average molecular weight is 440 g/mol. The number of ether oxygens (including phenoxy) is 1. The van der Waals surface area contributed by atoms with Crippen molar-refractivity contribution in [3.8, 4) is 0 Å². The molecule has 2 aromatic rings. The molecule has 0 spiro atoms. The van der Waals surface area contributed by atoms with Gasteiger partial charge in [-0.05, 0) is 50.6 Å². The Bertz CT molecular complexity index is 979. The summed E-state index contributed by atoms with van der Waals surface area (Å²) in [6, 6.07) is 11.1. The lowest BCUT2D eigenvalue weighted by Crippen LogP contribution is -2.57. The summed E-state index contributed by atoms with van der Waals surface area (Å²) >= 11 is 0. The molecular formula is C23H29N5O4. The highest BCUT2D eigenvalue weighted by Crippen LogP contribution is 2.19. The Morgan fingerprint density at radius 3 is 2.66 bits per heavy atom. The third kappa shape index (κ3) is 5.22. The first kappa shape index (κ1) is 21.7. The number of piperazine rings is 1. The number of aliphatic imine (C=N–C) groups is 1. The molecule has 1 fully saturated rings. The molecule has 2 amide bonds. The largest absolute Gasteiger partial charge is 0.459 e. The molecule has 1 atom stereocenters. The fourth-order valence-electron chi connectivity index (χ4n) is 3.71. The third-order valence-corrected chi connectivity index (χ3v) is 5.27. The van der Waals surface area contributed by atoms with Crippen LogP contribution in [-0.4, -0.2) is 65.6 Å². The third-order valence-electron chi connectivity index (χ3n) is 5.27. The van der Waals surface area contributed by atoms with Crippen LogP contribution >= 0.6 is 0 Å². The van der Waals surface area contributed by atoms with Crippen molar-refractivity contribution < 1.29 is 18.7 Å². The van der Waals surface area contributed by atoms with Gasteiger partial charge in [-0.15, -0.1) is 0 Å². The van der Waals surface area contributed by atoms with Crippen molar-refractivity contribution in [2.24, 2.45) is 4.99 Å². The molecule has 9 heteroatoms. The number of benzene rings is 1. The number of furan rings is 1. The van der Waals surface area contributed by atoms with Crippen LogP contribution in [0, 0.1) is 0 Å². The second-order valence-corrected chi connectivity index (χ2v) is 8.92. The summed E-state index contributed by atoms with van der Waals surface area (Å²) in [7, 11) is 0. The minimum atomic E-state index is -0.496. The molecule has 32 heavy (non-hydrogen) atoms. The average Bonchev–Trinajstić information content (AvgIpc) is 3.42. The van der Waals surface area contributed by atoms with Gasteiger partial charge in [0.25, 0.3) is 5.91 Å². The molecular weight excluding hydrogens is 410 g/mol. The Labute approximate surface area is 187 Å². The number of guanidine groups is 1. The van der Waals surface area contributed by atoms with E-state index in [9.17, 15) is 9.59 Å². The van der Waals surface area contributed by atoms with Crippen LogP contribution in [0.2, 0.25) is 0 Å². The molecule has 9 nitrogen and oxygen atoms in total. The Kier molecular flexibility index (Phi) is 6.07. The summed E-state index contributed by atoms with van der Waals surface area (Å²) in [5.74, 6) is 0.850. The molecule has 1 aromatic heterocycles. The van der Waals surface area contributed by atoms with Crippen LogP contribution in [0.5, 0.6) is 0 Å². The minimum Gasteiger partial charge on any atom is -0.459 e. The standard InChI is InChI=1S/C23H29N5O4/c1-23(2,3)32-22(30)27-10-11-28-18(15-27)14-25-21(28)24-13-16-6-8-17(9-7-16)26-20(29)19-5-4-12-31-19/h4-9,12,18H,10-11,13-15H2,1-3H3,(H,24,25)(H,26,29). The topological polar surface area (TPSA) is 99.4 Å². The van der Waals surface area contributed by atoms with Gasteiger partial charge in [-0.2, -0.15) is 0 Å². The molecule has 3 heterocycles. The van der Waals surface area contributed by atoms with E-state index in [0.717, 1.165) is 11.5 Å². The number of nitrogens with zero attached hydrogens (tertiary/aromatic N) is 3. The van der Waals surface area contributed by atoms with Crippen molar-refractivity contribution in [2.45, 2.75) is 39.0 Å². The van der Waals surface area contributed by atoms with Crippen molar-refractivity contribution in [1.29, 1.82) is 0 Å². The van der Waals surface area contributed by atoms with Crippen molar-refractivity contribution in [3.05, 3.63) is 54.0 Å². The van der Waals surface area contributed by atoms with Gasteiger partial charge in [-0.1, -0.05) is 12.1 Å². The number of hydrogen-bond donors (Lipinski definition) is 2. The van der Waals surface area contributed by atoms with Crippen LogP contribution in [0.1, 0.15) is 36.9 Å². The zero-order chi connectivity index (χ0) is 22.7. The summed E-state index contributed by atoms with van der Waals surface area (Å²) in [4.78, 5) is 33.0. The molecule has 1 saturated heterocycles. The van der Waals surface area contributed by atoms with Gasteiger partial charge in [-0.3, -0.25) is 9.79 Å². The zero-order valence-corrected chi connectivity index (χ0v) is 18.6. The Morgan fingerprint density at radius 2 is 1.97 bits per heavy atom. The second kappa shape index (κ2) is 8.94. The van der Waals surface area contributed by atoms with Crippen LogP contribution in [0.25, 0.3) is 0 Å². The van der Waals surface area contributed by atoms with Crippen molar-refractivity contribution >= 4 is 23.6 Å². The fourth-order valence-corrected chi connectivity index (χ4v) is 3.71. The molecule has 2 aliphatic heterocycles. The molecule has 0 saturated carbocycles. The number of nitrogens with one attached hydrogen (secondary N) is 2. The highest BCUT2D eigenvalue weighted by molar-refractivity contribution is 6.02. The highest BCUT2D eigenvalue weighted by Gasteiger charge is 2.36.